The smallest absolute Gasteiger partial charge is 0.362 e. The molecule has 1 N–H and O–H groups in total. The zero-order valence-electron chi connectivity index (χ0n) is 33.7. The normalized spacial score (nSPS) is 14.1. The molecule has 298 valence electrons. The van der Waals surface area contributed by atoms with Crippen molar-refractivity contribution in [2.24, 2.45) is 0 Å². The Balaban J connectivity index is 4.54. The van der Waals surface area contributed by atoms with Gasteiger partial charge in [0.05, 0.1) is 34.4 Å². The van der Waals surface area contributed by atoms with Gasteiger partial charge >= 0.3 is 17.9 Å². The molecule has 0 saturated carbocycles. The number of hydrogen-bond acceptors (Lipinski definition) is 6. The van der Waals surface area contributed by atoms with E-state index in [1.165, 1.54) is 6.42 Å². The molecule has 0 aromatic carbocycles. The number of allylic oxidation sites excluding steroid dienone is 16. The number of quaternary nitrogens is 1. The average molecular weight is 739 g/mol. The minimum absolute atomic E-state index is 0.0275. The third-order valence-corrected chi connectivity index (χ3v) is 8.08. The molecule has 0 aliphatic carbocycles. The van der Waals surface area contributed by atoms with Gasteiger partial charge in [0, 0.05) is 19.3 Å². The van der Waals surface area contributed by atoms with Gasteiger partial charge in [0.25, 0.3) is 0 Å². The minimum Gasteiger partial charge on any atom is -0.477 e. The van der Waals surface area contributed by atoms with Crippen LogP contribution in [0.5, 0.6) is 0 Å². The fraction of sp³-hybridized carbons (Fsp3) is 0.578. The number of carboxylic acids is 1. The molecule has 0 aromatic heterocycles. The predicted molar refractivity (Wildman–Crippen MR) is 219 cm³/mol. The van der Waals surface area contributed by atoms with E-state index in [0.717, 1.165) is 70.6 Å². The largest absolute Gasteiger partial charge is 0.477 e. The number of carbonyl (C=O) groups excluding carboxylic acids is 2. The molecule has 2 unspecified atom stereocenters. The third-order valence-electron chi connectivity index (χ3n) is 8.08. The van der Waals surface area contributed by atoms with Crippen molar-refractivity contribution in [3.05, 3.63) is 97.2 Å². The highest BCUT2D eigenvalue weighted by Gasteiger charge is 2.31. The number of aliphatic carboxylic acids is 1. The Bertz CT molecular complexity index is 1180. The summed E-state index contributed by atoms with van der Waals surface area (Å²) in [4.78, 5) is 36.8. The highest BCUT2D eigenvalue weighted by molar-refractivity contribution is 5.72. The van der Waals surface area contributed by atoms with Gasteiger partial charge in [0.15, 0.2) is 12.1 Å². The van der Waals surface area contributed by atoms with Crippen LogP contribution in [-0.4, -0.2) is 80.6 Å². The lowest BCUT2D eigenvalue weighted by Crippen LogP contribution is -2.50. The molecule has 0 heterocycles. The van der Waals surface area contributed by atoms with Crippen LogP contribution < -0.4 is 0 Å². The van der Waals surface area contributed by atoms with Crippen LogP contribution in [0.1, 0.15) is 117 Å². The first-order chi connectivity index (χ1) is 25.6. The van der Waals surface area contributed by atoms with Crippen LogP contribution in [-0.2, 0) is 28.6 Å². The van der Waals surface area contributed by atoms with Crippen molar-refractivity contribution in [1.82, 2.24) is 0 Å². The molecular formula is C45H72NO7+. The maximum Gasteiger partial charge on any atom is 0.362 e. The van der Waals surface area contributed by atoms with Crippen LogP contribution >= 0.6 is 0 Å². The van der Waals surface area contributed by atoms with Crippen LogP contribution in [0.3, 0.4) is 0 Å². The highest BCUT2D eigenvalue weighted by atomic mass is 16.6. The molecule has 0 fully saturated rings. The molecule has 8 heteroatoms. The zero-order chi connectivity index (χ0) is 39.3. The Labute approximate surface area is 322 Å². The zero-order valence-corrected chi connectivity index (χ0v) is 33.7. The SMILES string of the molecule is CC/C=C/C/C=C/C/C=C/CCCC(=O)OCC(COCCC(C(=O)O)[N+](C)(C)C)OC(=O)CCCCCCC/C=C/C=C/C=C/C=C/C=C/CCC. The molecule has 0 spiro atoms. The maximum absolute atomic E-state index is 12.7. The van der Waals surface area contributed by atoms with Gasteiger partial charge in [-0.15, -0.1) is 0 Å². The molecule has 2 atom stereocenters. The number of carboxylic acid groups (broad SMARTS) is 1. The minimum atomic E-state index is -0.892. The van der Waals surface area contributed by atoms with E-state index >= 15 is 0 Å². The van der Waals surface area contributed by atoms with Gasteiger partial charge in [-0.1, -0.05) is 137 Å². The van der Waals surface area contributed by atoms with Crippen molar-refractivity contribution in [3.8, 4) is 0 Å². The van der Waals surface area contributed by atoms with Crippen LogP contribution in [0.2, 0.25) is 0 Å². The summed E-state index contributed by atoms with van der Waals surface area (Å²) in [5.74, 6) is -1.59. The second-order valence-electron chi connectivity index (χ2n) is 13.9. The quantitative estimate of drug-likeness (QED) is 0.0235. The van der Waals surface area contributed by atoms with Crippen LogP contribution in [0.4, 0.5) is 0 Å². The summed E-state index contributed by atoms with van der Waals surface area (Å²) >= 11 is 0. The third kappa shape index (κ3) is 33.8. The number of ether oxygens (including phenoxy) is 3. The number of nitrogens with zero attached hydrogens (tertiary/aromatic N) is 1. The maximum atomic E-state index is 12.7. The van der Waals surface area contributed by atoms with Crippen molar-refractivity contribution in [1.29, 1.82) is 0 Å². The molecule has 0 amide bonds. The van der Waals surface area contributed by atoms with Gasteiger partial charge in [0.2, 0.25) is 0 Å². The lowest BCUT2D eigenvalue weighted by Gasteiger charge is -2.31. The topological polar surface area (TPSA) is 99.1 Å². The van der Waals surface area contributed by atoms with Gasteiger partial charge in [-0.25, -0.2) is 4.79 Å². The Kier molecular flexibility index (Phi) is 32.8. The average Bonchev–Trinajstić information content (AvgIpc) is 3.11. The Morgan fingerprint density at radius 3 is 1.77 bits per heavy atom. The van der Waals surface area contributed by atoms with Crippen molar-refractivity contribution >= 4 is 17.9 Å². The van der Waals surface area contributed by atoms with E-state index in [1.54, 1.807) is 0 Å². The Hall–Kier alpha value is -3.75. The van der Waals surface area contributed by atoms with Gasteiger partial charge in [0.1, 0.15) is 6.61 Å². The number of carbonyl (C=O) groups is 3. The number of unbranched alkanes of at least 4 members (excludes halogenated alkanes) is 7. The van der Waals surface area contributed by atoms with Crippen molar-refractivity contribution in [2.75, 3.05) is 41.0 Å². The van der Waals surface area contributed by atoms with Gasteiger partial charge in [-0.2, -0.15) is 0 Å². The molecule has 0 aromatic rings. The number of likely N-dealkylation sites (N-methyl/N-ethyl adjacent to an activating group) is 1. The second kappa shape index (κ2) is 35.3. The molecule has 53 heavy (non-hydrogen) atoms. The molecule has 0 radical (unpaired) electrons. The summed E-state index contributed by atoms with van der Waals surface area (Å²) < 4.78 is 17.1. The van der Waals surface area contributed by atoms with E-state index in [2.05, 4.69) is 74.6 Å². The summed E-state index contributed by atoms with van der Waals surface area (Å²) in [6, 6.07) is -0.632. The van der Waals surface area contributed by atoms with E-state index in [-0.39, 0.29) is 49.1 Å². The van der Waals surface area contributed by atoms with Crippen LogP contribution in [0, 0.1) is 0 Å². The monoisotopic (exact) mass is 739 g/mol. The summed E-state index contributed by atoms with van der Waals surface area (Å²) in [5, 5.41) is 9.59. The molecular weight excluding hydrogens is 666 g/mol. The molecule has 0 saturated heterocycles. The summed E-state index contributed by atoms with van der Waals surface area (Å²) in [6.07, 6.45) is 46.0. The van der Waals surface area contributed by atoms with E-state index < -0.39 is 18.1 Å². The van der Waals surface area contributed by atoms with Crippen molar-refractivity contribution < 1.29 is 38.2 Å². The van der Waals surface area contributed by atoms with Crippen LogP contribution in [0.25, 0.3) is 0 Å². The Morgan fingerprint density at radius 1 is 0.604 bits per heavy atom. The standard InChI is InChI=1S/C45H71NO7/c1-6-8-10-12-14-16-18-19-20-21-22-23-24-26-28-30-32-34-36-44(48)53-41(39-51-38-37-42(45(49)50)46(3,4)5)40-52-43(47)35-33-31-29-27-25-17-15-13-11-9-7-2/h9-12,14-23,27,29,41-42H,6-8,13,24-26,28,30-40H2,1-5H3/p+1/b11-9+,12-10+,16-14+,17-15+,19-18+,21-20+,23-22+,29-27+. The first-order valence-electron chi connectivity index (χ1n) is 19.8. The van der Waals surface area contributed by atoms with Crippen LogP contribution in [0.15, 0.2) is 97.2 Å². The first-order valence-corrected chi connectivity index (χ1v) is 19.8. The fourth-order valence-corrected chi connectivity index (χ4v) is 5.02. The number of hydrogen-bond donors (Lipinski definition) is 1. The molecule has 0 bridgehead atoms. The number of esters is 2. The van der Waals surface area contributed by atoms with Gasteiger partial charge < -0.3 is 23.8 Å². The van der Waals surface area contributed by atoms with E-state index in [9.17, 15) is 19.5 Å². The lowest BCUT2D eigenvalue weighted by atomic mass is 10.1. The van der Waals surface area contributed by atoms with E-state index in [1.807, 2.05) is 57.6 Å². The Morgan fingerprint density at radius 2 is 1.15 bits per heavy atom. The molecule has 0 aliphatic heterocycles. The fourth-order valence-electron chi connectivity index (χ4n) is 5.02. The highest BCUT2D eigenvalue weighted by Crippen LogP contribution is 2.12. The van der Waals surface area contributed by atoms with Crippen molar-refractivity contribution in [3.63, 3.8) is 0 Å². The van der Waals surface area contributed by atoms with E-state index in [0.29, 0.717) is 12.8 Å². The lowest BCUT2D eigenvalue weighted by molar-refractivity contribution is -0.887. The number of rotatable bonds is 33. The molecule has 8 nitrogen and oxygen atoms in total. The second-order valence-corrected chi connectivity index (χ2v) is 13.9. The van der Waals surface area contributed by atoms with Crippen molar-refractivity contribution in [2.45, 2.75) is 129 Å². The summed E-state index contributed by atoms with van der Waals surface area (Å²) in [7, 11) is 5.48. The van der Waals surface area contributed by atoms with E-state index in [4.69, 9.17) is 14.2 Å². The summed E-state index contributed by atoms with van der Waals surface area (Å²) in [6.45, 7) is 4.40. The first kappa shape index (κ1) is 49.2. The predicted octanol–water partition coefficient (Wildman–Crippen LogP) is 10.3. The molecule has 0 rings (SSSR count). The van der Waals surface area contributed by atoms with Gasteiger partial charge in [-0.3, -0.25) is 9.59 Å². The van der Waals surface area contributed by atoms with Gasteiger partial charge in [-0.05, 0) is 57.8 Å². The molecule has 0 aliphatic rings. The summed E-state index contributed by atoms with van der Waals surface area (Å²) in [5.41, 5.74) is 0.